The molecule has 2 aliphatic rings. The zero-order valence-corrected chi connectivity index (χ0v) is 34.7. The zero-order chi connectivity index (χ0) is 40.5. The number of unbranched alkanes of at least 4 members (excludes halogenated alkanes) is 2. The fourth-order valence-corrected chi connectivity index (χ4v) is 29.5. The van der Waals surface area contributed by atoms with E-state index in [-0.39, 0.29) is 11.1 Å². The molecule has 0 saturated heterocycles. The van der Waals surface area contributed by atoms with Crippen molar-refractivity contribution in [3.63, 3.8) is 0 Å². The van der Waals surface area contributed by atoms with Crippen LogP contribution in [0.25, 0.3) is 34.4 Å². The van der Waals surface area contributed by atoms with Crippen LogP contribution in [0.4, 0.5) is 26.3 Å². The molecule has 2 N–H and O–H groups in total. The first kappa shape index (κ1) is 42.0. The summed E-state index contributed by atoms with van der Waals surface area (Å²) in [5, 5.41) is 5.48. The first-order valence-electron chi connectivity index (χ1n) is 18.6. The number of hydrogen-bond donors (Lipinski definition) is 2. The summed E-state index contributed by atoms with van der Waals surface area (Å²) < 4.78 is 83.8. The van der Waals surface area contributed by atoms with E-state index >= 15 is 0 Å². The summed E-state index contributed by atoms with van der Waals surface area (Å²) in [6.07, 6.45) is -0.994. The van der Waals surface area contributed by atoms with Gasteiger partial charge in [0.2, 0.25) is 0 Å². The monoisotopic (exact) mass is 889 g/mol. The number of benzene rings is 4. The van der Waals surface area contributed by atoms with E-state index in [0.29, 0.717) is 71.9 Å². The summed E-state index contributed by atoms with van der Waals surface area (Å²) in [6.45, 7) is 4.00. The van der Waals surface area contributed by atoms with E-state index in [0.717, 1.165) is 36.1 Å². The van der Waals surface area contributed by atoms with Gasteiger partial charge in [-0.05, 0) is 0 Å². The predicted molar refractivity (Wildman–Crippen MR) is 210 cm³/mol. The third-order valence-corrected chi connectivity index (χ3v) is 31.2. The number of amides is 2. The summed E-state index contributed by atoms with van der Waals surface area (Å²) >= 11 is -6.37. The third kappa shape index (κ3) is 7.46. The number of allylic oxidation sites excluding steroid dienone is 2. The summed E-state index contributed by atoms with van der Waals surface area (Å²) in [5.74, 6) is 0. The summed E-state index contributed by atoms with van der Waals surface area (Å²) in [6, 6.07) is 20.8. The van der Waals surface area contributed by atoms with E-state index in [4.69, 9.17) is 17.0 Å². The van der Waals surface area contributed by atoms with E-state index < -0.39 is 51.4 Å². The van der Waals surface area contributed by atoms with E-state index in [9.17, 15) is 35.9 Å². The number of alkyl halides is 6. The van der Waals surface area contributed by atoms with Crippen molar-refractivity contribution in [1.29, 1.82) is 0 Å². The third-order valence-electron chi connectivity index (χ3n) is 11.1. The molecular weight excluding hydrogens is 851 g/mol. The number of hydrogen-bond acceptors (Lipinski definition) is 2. The first-order valence-corrected chi connectivity index (χ1v) is 29.2. The Bertz CT molecular complexity index is 2060. The van der Waals surface area contributed by atoms with Crippen LogP contribution in [0.5, 0.6) is 0 Å². The van der Waals surface area contributed by atoms with Crippen molar-refractivity contribution in [3.05, 3.63) is 129 Å². The van der Waals surface area contributed by atoms with Gasteiger partial charge in [-0.2, -0.15) is 0 Å². The van der Waals surface area contributed by atoms with Gasteiger partial charge in [0.05, 0.1) is 0 Å². The molecule has 2 aliphatic carbocycles. The van der Waals surface area contributed by atoms with Crippen LogP contribution in [0.2, 0.25) is 0 Å². The van der Waals surface area contributed by atoms with Crippen LogP contribution in [0.3, 0.4) is 0 Å². The van der Waals surface area contributed by atoms with Crippen LogP contribution in [-0.4, -0.2) is 17.3 Å². The van der Waals surface area contributed by atoms with Gasteiger partial charge in [-0.3, -0.25) is 0 Å². The number of halogens is 8. The van der Waals surface area contributed by atoms with Crippen molar-refractivity contribution in [2.45, 2.75) is 72.0 Å². The van der Waals surface area contributed by atoms with Crippen molar-refractivity contribution >= 4 is 46.5 Å². The average Bonchev–Trinajstić information content (AvgIpc) is 3.75. The van der Waals surface area contributed by atoms with Gasteiger partial charge >= 0.3 is 333 Å². The van der Waals surface area contributed by atoms with Gasteiger partial charge in [-0.25, -0.2) is 0 Å². The minimum absolute atomic E-state index is 0.0288. The van der Waals surface area contributed by atoms with Crippen LogP contribution < -0.4 is 10.5 Å². The quantitative estimate of drug-likeness (QED) is 0.0710. The molecule has 0 radical (unpaired) electrons. The van der Waals surface area contributed by atoms with E-state index in [2.05, 4.69) is 10.5 Å². The molecule has 4 nitrogen and oxygen atoms in total. The topological polar surface area (TPSA) is 58.2 Å². The molecule has 0 bridgehead atoms. The van der Waals surface area contributed by atoms with Gasteiger partial charge in [-0.15, -0.1) is 0 Å². The summed E-state index contributed by atoms with van der Waals surface area (Å²) in [4.78, 5) is 24.9. The van der Waals surface area contributed by atoms with Crippen molar-refractivity contribution < 1.29 is 52.1 Å². The Morgan fingerprint density at radius 1 is 0.607 bits per heavy atom. The summed E-state index contributed by atoms with van der Waals surface area (Å²) in [7, 11) is 16.9. The molecule has 293 valence electrons. The van der Waals surface area contributed by atoms with Gasteiger partial charge in [0.1, 0.15) is 0 Å². The standard InChI is InChI=1S/2C20H18F3.C2H3BN2O2.2ClH.Zr/c2*1-2-3-7-14-12-15-8-6-10-16(18(15)13-14)17-9-4-5-11-19(17)20(21,22)23;6-1-4-3-5-2-7;;;/h2*4-6,8-13H,2-3,7H2,1H3;1-2H,(H-,4,5,6,7);2*1H;/q;;;;;+1/p-1. The number of carbonyl (C=O) groups is 2. The normalized spacial score (nSPS) is 17.2. The fourth-order valence-electron chi connectivity index (χ4n) is 8.83. The predicted octanol–water partition coefficient (Wildman–Crippen LogP) is 12.5. The molecule has 0 heterocycles. The average molecular weight is 892 g/mol. The Labute approximate surface area is 330 Å². The Hall–Kier alpha value is -3.59. The van der Waals surface area contributed by atoms with Gasteiger partial charge in [0.15, 0.2) is 0 Å². The molecular formula is C42H40BCl2F6N2O2Zr. The van der Waals surface area contributed by atoms with E-state index in [1.807, 2.05) is 26.0 Å². The fraction of sp³-hybridized carbons (Fsp3) is 0.286. The van der Waals surface area contributed by atoms with Gasteiger partial charge < -0.3 is 0 Å². The van der Waals surface area contributed by atoms with Crippen molar-refractivity contribution in [1.82, 2.24) is 10.5 Å². The van der Waals surface area contributed by atoms with Crippen LogP contribution >= 0.6 is 17.0 Å². The number of rotatable bonds is 15. The van der Waals surface area contributed by atoms with Gasteiger partial charge in [0, 0.05) is 0 Å². The maximum absolute atomic E-state index is 14.5. The van der Waals surface area contributed by atoms with Crippen molar-refractivity contribution in [2.75, 3.05) is 0 Å². The minimum atomic E-state index is -6.37. The molecule has 56 heavy (non-hydrogen) atoms. The molecule has 0 fully saturated rings. The van der Waals surface area contributed by atoms with E-state index in [1.165, 1.54) is 24.3 Å². The van der Waals surface area contributed by atoms with Crippen molar-refractivity contribution in [3.8, 4) is 22.3 Å². The second kappa shape index (κ2) is 16.3. The van der Waals surface area contributed by atoms with E-state index in [1.54, 1.807) is 48.5 Å². The molecule has 0 saturated carbocycles. The SMILES string of the molecule is CCCCC1=Cc2c(-c3ccccc3C(F)(F)F)cccc2[CH]1[Zr]([Cl])([Cl])([B](NC=O)NC=O)[CH]1C(CCCC)=Cc2c(-c3ccccc3C(F)(F)F)cccc21. The van der Waals surface area contributed by atoms with Crippen LogP contribution in [0.15, 0.2) is 96.1 Å². The molecule has 0 aliphatic heterocycles. The molecule has 0 spiro atoms. The van der Waals surface area contributed by atoms with Crippen LogP contribution in [0.1, 0.15) is 93.0 Å². The molecule has 6 rings (SSSR count). The maximum atomic E-state index is 14.5. The molecule has 2 amide bonds. The Kier molecular flexibility index (Phi) is 12.3. The molecule has 2 unspecified atom stereocenters. The number of fused-ring (bicyclic) bond motifs is 2. The van der Waals surface area contributed by atoms with Gasteiger partial charge in [-0.1, -0.05) is 0 Å². The Morgan fingerprint density at radius 3 is 1.34 bits per heavy atom. The molecule has 4 aromatic carbocycles. The molecule has 14 heteroatoms. The van der Waals surface area contributed by atoms with Crippen molar-refractivity contribution in [2.24, 2.45) is 0 Å². The Balaban J connectivity index is 1.69. The summed E-state index contributed by atoms with van der Waals surface area (Å²) in [5.41, 5.74) is 2.59. The first-order chi connectivity index (χ1) is 26.6. The number of nitrogens with one attached hydrogen (secondary N) is 2. The van der Waals surface area contributed by atoms with Crippen LogP contribution in [0, 0.1) is 0 Å². The second-order valence-corrected chi connectivity index (χ2v) is 35.9. The molecule has 0 aromatic heterocycles. The second-order valence-electron chi connectivity index (χ2n) is 14.4. The molecule has 4 aromatic rings. The molecule has 2 atom stereocenters. The number of carbonyl (C=O) groups excluding carboxylic acids is 2. The van der Waals surface area contributed by atoms with Gasteiger partial charge in [0.25, 0.3) is 0 Å². The zero-order valence-electron chi connectivity index (χ0n) is 30.7. The Morgan fingerprint density at radius 2 is 0.982 bits per heavy atom. The van der Waals surface area contributed by atoms with Crippen LogP contribution in [-0.2, 0) is 38.1 Å².